The summed E-state index contributed by atoms with van der Waals surface area (Å²) < 4.78 is 7.42. The highest BCUT2D eigenvalue weighted by molar-refractivity contribution is 6.31. The third-order valence-electron chi connectivity index (χ3n) is 5.62. The van der Waals surface area contributed by atoms with E-state index in [1.165, 1.54) is 0 Å². The van der Waals surface area contributed by atoms with Gasteiger partial charge in [0.15, 0.2) is 5.65 Å². The second-order valence-corrected chi connectivity index (χ2v) is 8.07. The number of nitrogens with two attached hydrogens (primary N) is 1. The second kappa shape index (κ2) is 8.17. The van der Waals surface area contributed by atoms with E-state index in [1.54, 1.807) is 4.57 Å². The van der Waals surface area contributed by atoms with E-state index in [0.717, 1.165) is 30.5 Å². The highest BCUT2D eigenvalue weighted by Crippen LogP contribution is 2.30. The van der Waals surface area contributed by atoms with Gasteiger partial charge >= 0.3 is 0 Å². The van der Waals surface area contributed by atoms with Gasteiger partial charge in [-0.1, -0.05) is 41.9 Å². The van der Waals surface area contributed by atoms with Crippen LogP contribution in [0.5, 0.6) is 0 Å². The maximum Gasteiger partial charge on any atom is 0.257 e. The van der Waals surface area contributed by atoms with Crippen molar-refractivity contribution in [2.45, 2.75) is 25.5 Å². The van der Waals surface area contributed by atoms with E-state index in [9.17, 15) is 4.79 Å². The Morgan fingerprint density at radius 3 is 2.65 bits per heavy atom. The number of halogens is 1. The fourth-order valence-corrected chi connectivity index (χ4v) is 4.19. The average Bonchev–Trinajstić information content (AvgIpc) is 3.39. The number of para-hydroxylation sites is 2. The van der Waals surface area contributed by atoms with Gasteiger partial charge in [-0.15, -0.1) is 0 Å². The number of carbonyl (C=O) groups is 1. The molecule has 31 heavy (non-hydrogen) atoms. The average molecular weight is 436 g/mol. The molecule has 8 heteroatoms. The summed E-state index contributed by atoms with van der Waals surface area (Å²) in [6, 6.07) is 15.1. The molecule has 2 aromatic carbocycles. The fourth-order valence-electron chi connectivity index (χ4n) is 4.00. The number of rotatable bonds is 5. The predicted octanol–water partition coefficient (Wildman–Crippen LogP) is 3.78. The molecule has 0 radical (unpaired) electrons. The zero-order chi connectivity index (χ0) is 21.4. The Balaban J connectivity index is 1.61. The molecule has 1 saturated heterocycles. The van der Waals surface area contributed by atoms with E-state index < -0.39 is 0 Å². The van der Waals surface area contributed by atoms with Crippen LogP contribution in [0.4, 0.5) is 5.82 Å². The van der Waals surface area contributed by atoms with E-state index in [4.69, 9.17) is 32.0 Å². The molecular weight excluding hydrogens is 414 g/mol. The van der Waals surface area contributed by atoms with Gasteiger partial charge in [-0.3, -0.25) is 4.79 Å². The summed E-state index contributed by atoms with van der Waals surface area (Å²) >= 11 is 6.38. The van der Waals surface area contributed by atoms with Crippen molar-refractivity contribution in [2.24, 2.45) is 0 Å². The van der Waals surface area contributed by atoms with Crippen molar-refractivity contribution in [1.29, 1.82) is 0 Å². The lowest BCUT2D eigenvalue weighted by atomic mass is 10.2. The van der Waals surface area contributed by atoms with Crippen molar-refractivity contribution >= 4 is 45.5 Å². The van der Waals surface area contributed by atoms with Crippen LogP contribution in [-0.2, 0) is 11.3 Å². The molecule has 7 nitrogen and oxygen atoms in total. The summed E-state index contributed by atoms with van der Waals surface area (Å²) in [5.74, 6) is 0.0376. The van der Waals surface area contributed by atoms with Gasteiger partial charge in [0.05, 0.1) is 23.7 Å². The van der Waals surface area contributed by atoms with Gasteiger partial charge in [-0.25, -0.2) is 9.97 Å². The minimum Gasteiger partial charge on any atom is -0.384 e. The zero-order valence-corrected chi connectivity index (χ0v) is 17.6. The van der Waals surface area contributed by atoms with Crippen molar-refractivity contribution < 1.29 is 9.53 Å². The fraction of sp³-hybridized carbons (Fsp3) is 0.261. The highest BCUT2D eigenvalue weighted by atomic mass is 35.5. The summed E-state index contributed by atoms with van der Waals surface area (Å²) in [6.07, 6.45) is 1.99. The molecule has 1 fully saturated rings. The summed E-state index contributed by atoms with van der Waals surface area (Å²) in [5.41, 5.74) is 10.2. The second-order valence-electron chi connectivity index (χ2n) is 7.67. The number of aromatic nitrogens is 3. The number of nitrogen functional groups attached to an aromatic ring is 1. The SMILES string of the molecule is Nc1c(C(=O)NC[C@H]2CCCO2)c2nc3ccccc3nc2n1Cc1ccccc1Cl. The molecule has 1 amide bonds. The molecule has 3 N–H and O–H groups in total. The quantitative estimate of drug-likeness (QED) is 0.497. The van der Waals surface area contributed by atoms with Crippen molar-refractivity contribution in [3.05, 3.63) is 64.7 Å². The minimum atomic E-state index is -0.277. The third-order valence-corrected chi connectivity index (χ3v) is 5.99. The Morgan fingerprint density at radius 1 is 1.16 bits per heavy atom. The lowest BCUT2D eigenvalue weighted by Crippen LogP contribution is -2.32. The Hall–Kier alpha value is -3.16. The first-order valence-corrected chi connectivity index (χ1v) is 10.7. The molecule has 0 saturated carbocycles. The van der Waals surface area contributed by atoms with Crippen LogP contribution in [0, 0.1) is 0 Å². The molecule has 1 aliphatic heterocycles. The Kier molecular flexibility index (Phi) is 5.21. The molecule has 0 aliphatic carbocycles. The smallest absolute Gasteiger partial charge is 0.257 e. The van der Waals surface area contributed by atoms with Crippen LogP contribution in [0.2, 0.25) is 5.02 Å². The van der Waals surface area contributed by atoms with Crippen molar-refractivity contribution in [2.75, 3.05) is 18.9 Å². The lowest BCUT2D eigenvalue weighted by Gasteiger charge is -2.11. The number of nitrogens with zero attached hydrogens (tertiary/aromatic N) is 3. The number of hydrogen-bond donors (Lipinski definition) is 2. The zero-order valence-electron chi connectivity index (χ0n) is 16.8. The van der Waals surface area contributed by atoms with Gasteiger partial charge < -0.3 is 20.4 Å². The van der Waals surface area contributed by atoms with Gasteiger partial charge in [-0.05, 0) is 36.6 Å². The van der Waals surface area contributed by atoms with E-state index in [-0.39, 0.29) is 12.0 Å². The maximum absolute atomic E-state index is 13.2. The molecule has 3 heterocycles. The van der Waals surface area contributed by atoms with Gasteiger partial charge in [-0.2, -0.15) is 0 Å². The van der Waals surface area contributed by atoms with E-state index in [0.29, 0.717) is 46.2 Å². The Morgan fingerprint density at radius 2 is 1.90 bits per heavy atom. The summed E-state index contributed by atoms with van der Waals surface area (Å²) in [7, 11) is 0. The first-order chi connectivity index (χ1) is 15.1. The number of fused-ring (bicyclic) bond motifs is 2. The normalized spacial score (nSPS) is 16.2. The van der Waals surface area contributed by atoms with E-state index >= 15 is 0 Å². The molecule has 4 aromatic rings. The van der Waals surface area contributed by atoms with Crippen molar-refractivity contribution in [1.82, 2.24) is 19.9 Å². The number of nitrogens with one attached hydrogen (secondary N) is 1. The summed E-state index contributed by atoms with van der Waals surface area (Å²) in [4.78, 5) is 22.7. The van der Waals surface area contributed by atoms with Gasteiger partial charge in [0, 0.05) is 18.2 Å². The van der Waals surface area contributed by atoms with Crippen molar-refractivity contribution in [3.8, 4) is 0 Å². The lowest BCUT2D eigenvalue weighted by molar-refractivity contribution is 0.0859. The van der Waals surface area contributed by atoms with Gasteiger partial charge in [0.2, 0.25) is 0 Å². The Bertz CT molecular complexity index is 1280. The van der Waals surface area contributed by atoms with E-state index in [1.807, 2.05) is 48.5 Å². The number of carbonyl (C=O) groups excluding carboxylic acids is 1. The molecular formula is C23H22ClN5O2. The first kappa shape index (κ1) is 19.8. The number of benzene rings is 2. The molecule has 0 spiro atoms. The number of ether oxygens (including phenoxy) is 1. The van der Waals surface area contributed by atoms with Crippen molar-refractivity contribution in [3.63, 3.8) is 0 Å². The predicted molar refractivity (Wildman–Crippen MR) is 121 cm³/mol. The van der Waals surface area contributed by atoms with Crippen LogP contribution in [-0.4, -0.2) is 39.7 Å². The maximum atomic E-state index is 13.2. The highest BCUT2D eigenvalue weighted by Gasteiger charge is 2.25. The monoisotopic (exact) mass is 435 g/mol. The molecule has 1 aliphatic rings. The molecule has 0 unspecified atom stereocenters. The van der Waals surface area contributed by atoms with Gasteiger partial charge in [0.1, 0.15) is 16.9 Å². The molecule has 0 bridgehead atoms. The topological polar surface area (TPSA) is 95.1 Å². The molecule has 1 atom stereocenters. The van der Waals surface area contributed by atoms with Crippen LogP contribution in [0.15, 0.2) is 48.5 Å². The summed E-state index contributed by atoms with van der Waals surface area (Å²) in [5, 5.41) is 3.59. The molecule has 5 rings (SSSR count). The number of hydrogen-bond acceptors (Lipinski definition) is 5. The largest absolute Gasteiger partial charge is 0.384 e. The minimum absolute atomic E-state index is 0.0357. The number of anilines is 1. The Labute approximate surface area is 184 Å². The van der Waals surface area contributed by atoms with Crippen LogP contribution in [0.3, 0.4) is 0 Å². The molecule has 158 valence electrons. The van der Waals surface area contributed by atoms with Crippen LogP contribution in [0.1, 0.15) is 28.8 Å². The van der Waals surface area contributed by atoms with E-state index in [2.05, 4.69) is 5.32 Å². The third kappa shape index (κ3) is 3.71. The van der Waals surface area contributed by atoms with Crippen LogP contribution in [0.25, 0.3) is 22.2 Å². The number of amides is 1. The van der Waals surface area contributed by atoms with Crippen LogP contribution >= 0.6 is 11.6 Å². The van der Waals surface area contributed by atoms with Crippen LogP contribution < -0.4 is 11.1 Å². The standard InChI is InChI=1S/C23H22ClN5O2/c24-16-8-2-1-6-14(16)13-29-21(25)19(23(30)26-12-15-7-5-11-31-15)20-22(29)28-18-10-4-3-9-17(18)27-20/h1-4,6,8-10,15H,5,7,11-13,25H2,(H,26,30)/t15-/m1/s1. The summed E-state index contributed by atoms with van der Waals surface area (Å²) in [6.45, 7) is 1.56. The molecule has 2 aromatic heterocycles. The van der Waals surface area contributed by atoms with Gasteiger partial charge in [0.25, 0.3) is 5.91 Å². The first-order valence-electron chi connectivity index (χ1n) is 10.3.